The minimum absolute atomic E-state index is 0.0665. The molecule has 2 rings (SSSR count). The summed E-state index contributed by atoms with van der Waals surface area (Å²) in [5, 5.41) is 0. The lowest BCUT2D eigenvalue weighted by atomic mass is 9.83. The fourth-order valence-electron chi connectivity index (χ4n) is 3.05. The van der Waals surface area contributed by atoms with E-state index in [1.165, 1.54) is 0 Å². The first kappa shape index (κ1) is 15.8. The SMILES string of the molecule is CC(=O)C(c1ccccc1)C1CCCCN1C(=O)OCCl. The fourth-order valence-corrected chi connectivity index (χ4v) is 3.14. The quantitative estimate of drug-likeness (QED) is 0.799. The maximum atomic E-state index is 12.2. The van der Waals surface area contributed by atoms with Gasteiger partial charge in [0.1, 0.15) is 5.78 Å². The van der Waals surface area contributed by atoms with Crippen LogP contribution in [0.15, 0.2) is 30.3 Å². The first-order valence-electron chi connectivity index (χ1n) is 7.20. The van der Waals surface area contributed by atoms with Crippen molar-refractivity contribution in [2.24, 2.45) is 0 Å². The van der Waals surface area contributed by atoms with Crippen molar-refractivity contribution in [3.63, 3.8) is 0 Å². The lowest BCUT2D eigenvalue weighted by molar-refractivity contribution is -0.120. The number of likely N-dealkylation sites (tertiary alicyclic amines) is 1. The van der Waals surface area contributed by atoms with Crippen LogP contribution in [0.5, 0.6) is 0 Å². The number of alkyl halides is 1. The number of rotatable bonds is 4. The third kappa shape index (κ3) is 3.76. The molecule has 1 aliphatic heterocycles. The number of nitrogens with zero attached hydrogens (tertiary/aromatic N) is 1. The Morgan fingerprint density at radius 1 is 1.33 bits per heavy atom. The Morgan fingerprint density at radius 2 is 2.05 bits per heavy atom. The first-order valence-corrected chi connectivity index (χ1v) is 7.73. The lowest BCUT2D eigenvalue weighted by Gasteiger charge is -2.38. The van der Waals surface area contributed by atoms with Crippen molar-refractivity contribution in [1.29, 1.82) is 0 Å². The molecule has 5 heteroatoms. The average molecular weight is 310 g/mol. The molecule has 0 aliphatic carbocycles. The van der Waals surface area contributed by atoms with Crippen molar-refractivity contribution < 1.29 is 14.3 Å². The predicted octanol–water partition coefficient (Wildman–Crippen LogP) is 3.55. The van der Waals surface area contributed by atoms with Gasteiger partial charge in [0.2, 0.25) is 0 Å². The molecular weight excluding hydrogens is 290 g/mol. The molecule has 0 bridgehead atoms. The van der Waals surface area contributed by atoms with Gasteiger partial charge in [-0.15, -0.1) is 0 Å². The number of benzene rings is 1. The summed E-state index contributed by atoms with van der Waals surface area (Å²) in [7, 11) is 0. The molecule has 1 saturated heterocycles. The Balaban J connectivity index is 2.28. The standard InChI is InChI=1S/C16H20ClNO3/c1-12(19)15(13-7-3-2-4-8-13)14-9-5-6-10-18(14)16(20)21-11-17/h2-4,7-8,14-15H,5-6,9-11H2,1H3. The summed E-state index contributed by atoms with van der Waals surface area (Å²) in [4.78, 5) is 25.9. The summed E-state index contributed by atoms with van der Waals surface area (Å²) >= 11 is 5.49. The van der Waals surface area contributed by atoms with Crippen LogP contribution in [0.4, 0.5) is 4.79 Å². The smallest absolute Gasteiger partial charge is 0.411 e. The zero-order chi connectivity index (χ0) is 15.2. The molecule has 0 N–H and O–H groups in total. The van der Waals surface area contributed by atoms with E-state index in [9.17, 15) is 9.59 Å². The third-order valence-corrected chi connectivity index (χ3v) is 4.05. The predicted molar refractivity (Wildman–Crippen MR) is 81.4 cm³/mol. The second kappa shape index (κ2) is 7.46. The number of Topliss-reactive ketones (excluding diaryl/α,β-unsaturated/α-hetero) is 1. The highest BCUT2D eigenvalue weighted by molar-refractivity contribution is 6.17. The van der Waals surface area contributed by atoms with Gasteiger partial charge in [-0.1, -0.05) is 41.9 Å². The fraction of sp³-hybridized carbons (Fsp3) is 0.500. The molecule has 1 aliphatic rings. The zero-order valence-electron chi connectivity index (χ0n) is 12.1. The summed E-state index contributed by atoms with van der Waals surface area (Å²) in [5.41, 5.74) is 0.945. The molecule has 21 heavy (non-hydrogen) atoms. The first-order chi connectivity index (χ1) is 10.1. The molecule has 1 heterocycles. The van der Waals surface area contributed by atoms with Crippen LogP contribution >= 0.6 is 11.6 Å². The van der Waals surface area contributed by atoms with Crippen LogP contribution in [0.1, 0.15) is 37.7 Å². The van der Waals surface area contributed by atoms with Crippen molar-refractivity contribution in [2.45, 2.75) is 38.1 Å². The summed E-state index contributed by atoms with van der Waals surface area (Å²) in [6, 6.07) is 9.29. The van der Waals surface area contributed by atoms with Gasteiger partial charge in [-0.05, 0) is 31.7 Å². The Bertz CT molecular complexity index is 492. The number of carbonyl (C=O) groups excluding carboxylic acids is 2. The van der Waals surface area contributed by atoms with E-state index in [4.69, 9.17) is 16.3 Å². The normalized spacial score (nSPS) is 19.9. The van der Waals surface area contributed by atoms with Crippen LogP contribution in [0.25, 0.3) is 0 Å². The van der Waals surface area contributed by atoms with Gasteiger partial charge < -0.3 is 9.64 Å². The Morgan fingerprint density at radius 3 is 2.67 bits per heavy atom. The lowest BCUT2D eigenvalue weighted by Crippen LogP contribution is -2.48. The van der Waals surface area contributed by atoms with Gasteiger partial charge in [-0.3, -0.25) is 4.79 Å². The Labute approximate surface area is 130 Å². The maximum absolute atomic E-state index is 12.2. The number of ketones is 1. The monoisotopic (exact) mass is 309 g/mol. The molecule has 4 nitrogen and oxygen atoms in total. The van der Waals surface area contributed by atoms with E-state index in [-0.39, 0.29) is 23.8 Å². The maximum Gasteiger partial charge on any atom is 0.411 e. The van der Waals surface area contributed by atoms with Gasteiger partial charge in [-0.25, -0.2) is 4.79 Å². The highest BCUT2D eigenvalue weighted by atomic mass is 35.5. The van der Waals surface area contributed by atoms with E-state index in [2.05, 4.69) is 0 Å². The molecule has 114 valence electrons. The molecular formula is C16H20ClNO3. The summed E-state index contributed by atoms with van der Waals surface area (Å²) in [6.07, 6.45) is 2.30. The molecule has 0 saturated carbocycles. The van der Waals surface area contributed by atoms with Crippen LogP contribution in [0.3, 0.4) is 0 Å². The topological polar surface area (TPSA) is 46.6 Å². The van der Waals surface area contributed by atoms with Crippen molar-refractivity contribution in [3.05, 3.63) is 35.9 Å². The number of ether oxygens (including phenoxy) is 1. The van der Waals surface area contributed by atoms with Crippen molar-refractivity contribution in [1.82, 2.24) is 4.90 Å². The van der Waals surface area contributed by atoms with Gasteiger partial charge in [0.25, 0.3) is 0 Å². The average Bonchev–Trinajstić information content (AvgIpc) is 2.49. The number of hydrogen-bond donors (Lipinski definition) is 0. The summed E-state index contributed by atoms with van der Waals surface area (Å²) in [5.74, 6) is -0.244. The van der Waals surface area contributed by atoms with E-state index in [0.29, 0.717) is 6.54 Å². The number of hydrogen-bond acceptors (Lipinski definition) is 3. The molecule has 0 spiro atoms. The van der Waals surface area contributed by atoms with Gasteiger partial charge >= 0.3 is 6.09 Å². The Hall–Kier alpha value is -1.55. The zero-order valence-corrected chi connectivity index (χ0v) is 12.9. The highest BCUT2D eigenvalue weighted by Gasteiger charge is 2.36. The molecule has 1 fully saturated rings. The van der Waals surface area contributed by atoms with Crippen LogP contribution in [-0.4, -0.2) is 35.4 Å². The van der Waals surface area contributed by atoms with Gasteiger partial charge in [-0.2, -0.15) is 0 Å². The summed E-state index contributed by atoms with van der Waals surface area (Å²) in [6.45, 7) is 2.19. The van der Waals surface area contributed by atoms with Gasteiger partial charge in [0.05, 0.1) is 5.92 Å². The van der Waals surface area contributed by atoms with Crippen molar-refractivity contribution in [2.75, 3.05) is 12.6 Å². The van der Waals surface area contributed by atoms with Crippen LogP contribution in [-0.2, 0) is 9.53 Å². The van der Waals surface area contributed by atoms with E-state index < -0.39 is 6.09 Å². The molecule has 1 aromatic carbocycles. The highest BCUT2D eigenvalue weighted by Crippen LogP contribution is 2.31. The van der Waals surface area contributed by atoms with Crippen molar-refractivity contribution in [3.8, 4) is 0 Å². The largest absolute Gasteiger partial charge is 0.433 e. The molecule has 1 aromatic rings. The number of carbonyl (C=O) groups is 2. The molecule has 2 unspecified atom stereocenters. The molecule has 2 atom stereocenters. The van der Waals surface area contributed by atoms with Crippen molar-refractivity contribution >= 4 is 23.5 Å². The minimum atomic E-state index is -0.433. The van der Waals surface area contributed by atoms with E-state index in [1.54, 1.807) is 11.8 Å². The second-order valence-electron chi connectivity index (χ2n) is 5.27. The van der Waals surface area contributed by atoms with Gasteiger partial charge in [0.15, 0.2) is 6.07 Å². The van der Waals surface area contributed by atoms with Crippen LogP contribution < -0.4 is 0 Å². The Kier molecular flexibility index (Phi) is 5.62. The third-order valence-electron chi connectivity index (χ3n) is 3.94. The molecule has 1 amide bonds. The van der Waals surface area contributed by atoms with Gasteiger partial charge in [0, 0.05) is 12.6 Å². The number of amides is 1. The molecule has 0 aromatic heterocycles. The summed E-state index contributed by atoms with van der Waals surface area (Å²) < 4.78 is 4.92. The second-order valence-corrected chi connectivity index (χ2v) is 5.49. The number of halogens is 1. The van der Waals surface area contributed by atoms with Crippen LogP contribution in [0.2, 0.25) is 0 Å². The van der Waals surface area contributed by atoms with E-state index in [1.807, 2.05) is 30.3 Å². The molecule has 0 radical (unpaired) electrons. The van der Waals surface area contributed by atoms with E-state index in [0.717, 1.165) is 24.8 Å². The minimum Gasteiger partial charge on any atom is -0.433 e. The van der Waals surface area contributed by atoms with E-state index >= 15 is 0 Å². The van der Waals surface area contributed by atoms with Crippen LogP contribution in [0, 0.1) is 0 Å². The number of piperidine rings is 1.